The molecule has 3 amide bonds. The van der Waals surface area contributed by atoms with Gasteiger partial charge in [-0.3, -0.25) is 9.36 Å². The lowest BCUT2D eigenvalue weighted by molar-refractivity contribution is -0.197. The predicted octanol–water partition coefficient (Wildman–Crippen LogP) is 2.70. The molecule has 3 saturated heterocycles. The fraction of sp³-hybridized carbons (Fsp3) is 0.490. The molecule has 0 bridgehead atoms. The summed E-state index contributed by atoms with van der Waals surface area (Å²) in [5.41, 5.74) is 15.7. The van der Waals surface area contributed by atoms with Crippen LogP contribution in [0.5, 0.6) is 0 Å². The summed E-state index contributed by atoms with van der Waals surface area (Å²) in [6, 6.07) is 21.2. The number of aliphatic hydroxyl groups is 2. The van der Waals surface area contributed by atoms with Gasteiger partial charge in [0.25, 0.3) is 0 Å². The van der Waals surface area contributed by atoms with Gasteiger partial charge in [0.2, 0.25) is 5.91 Å². The summed E-state index contributed by atoms with van der Waals surface area (Å²) < 4.78 is 28.5. The van der Waals surface area contributed by atoms with Crippen molar-refractivity contribution in [3.8, 4) is 0 Å². The van der Waals surface area contributed by atoms with E-state index in [2.05, 4.69) is 52.8 Å². The Labute approximate surface area is 412 Å². The van der Waals surface area contributed by atoms with Crippen molar-refractivity contribution >= 4 is 45.8 Å². The molecule has 0 aliphatic carbocycles. The van der Waals surface area contributed by atoms with Crippen LogP contribution in [-0.2, 0) is 36.8 Å². The number of nitrogens with two attached hydrogens (primary N) is 2. The molecule has 9 N–H and O–H groups in total. The normalized spacial score (nSPS) is 23.5. The molecule has 0 spiro atoms. The zero-order valence-electron chi connectivity index (χ0n) is 40.6. The average Bonchev–Trinajstić information content (AvgIpc) is 4.18. The fourth-order valence-electron chi connectivity index (χ4n) is 9.13. The molecule has 9 rings (SSSR count). The van der Waals surface area contributed by atoms with Crippen molar-refractivity contribution in [2.24, 2.45) is 0 Å². The minimum absolute atomic E-state index is 0.0760. The highest BCUT2D eigenvalue weighted by molar-refractivity contribution is 5.86. The van der Waals surface area contributed by atoms with Crippen molar-refractivity contribution < 1.29 is 38.7 Å². The van der Waals surface area contributed by atoms with Gasteiger partial charge in [-0.05, 0) is 77.5 Å². The number of carbonyl (C=O) groups is 2. The Bertz CT molecular complexity index is 2670. The van der Waals surface area contributed by atoms with Crippen molar-refractivity contribution in [2.45, 2.75) is 107 Å². The zero-order chi connectivity index (χ0) is 50.1. The lowest BCUT2D eigenvalue weighted by atomic mass is 10.1. The number of unbranched alkanes of at least 4 members (excludes halogenated alkanes) is 1. The van der Waals surface area contributed by atoms with Gasteiger partial charge in [0, 0.05) is 45.3 Å². The van der Waals surface area contributed by atoms with E-state index in [-0.39, 0.29) is 30.3 Å². The molecule has 3 aliphatic heterocycles. The number of urea groups is 1. The SMILES string of the molecule is CN(CCCCC(=O)NCc1ccccc1)C[C@H]1O[C@@H](n2cnc3c(N)ncnc32)[C@@H]2OC(C)(C)O[C@@H]21.CN(CCCNC(=O)NCc1ccccc1)C[C@H]1O[C@@H](n2ccc3c(N)ncnc32)[C@H](O)[C@@H]1O. The number of aromatic nitrogens is 7. The molecule has 8 atom stereocenters. The Morgan fingerprint density at radius 3 is 2.03 bits per heavy atom. The summed E-state index contributed by atoms with van der Waals surface area (Å²) in [7, 11) is 3.97. The maximum absolute atomic E-state index is 12.2. The van der Waals surface area contributed by atoms with Crippen LogP contribution in [0.3, 0.4) is 0 Å². The number of nitrogen functional groups attached to an aromatic ring is 2. The largest absolute Gasteiger partial charge is 0.387 e. The van der Waals surface area contributed by atoms with E-state index in [1.807, 2.05) is 91.0 Å². The number of rotatable bonds is 19. The molecule has 0 unspecified atom stereocenters. The number of aliphatic hydroxyl groups excluding tert-OH is 2. The average molecular weight is 979 g/mol. The highest BCUT2D eigenvalue weighted by Gasteiger charge is 2.56. The number of carbonyl (C=O) groups excluding carboxylic acids is 2. The highest BCUT2D eigenvalue weighted by Crippen LogP contribution is 2.44. The molecular weight excluding hydrogens is 913 g/mol. The third-order valence-electron chi connectivity index (χ3n) is 12.7. The summed E-state index contributed by atoms with van der Waals surface area (Å²) >= 11 is 0. The predicted molar refractivity (Wildman–Crippen MR) is 264 cm³/mol. The number of likely N-dealkylation sites (N-methyl/N-ethyl adjacent to an activating group) is 2. The van der Waals surface area contributed by atoms with Crippen molar-refractivity contribution in [2.75, 3.05) is 58.3 Å². The second-order valence-corrected chi connectivity index (χ2v) is 18.7. The first-order valence-corrected chi connectivity index (χ1v) is 24.0. The van der Waals surface area contributed by atoms with Gasteiger partial charge >= 0.3 is 6.03 Å². The first kappa shape index (κ1) is 51.0. The minimum Gasteiger partial charge on any atom is -0.387 e. The first-order valence-electron chi connectivity index (χ1n) is 24.0. The zero-order valence-corrected chi connectivity index (χ0v) is 40.6. The van der Waals surface area contributed by atoms with E-state index in [0.29, 0.717) is 79.5 Å². The Kier molecular flexibility index (Phi) is 16.7. The van der Waals surface area contributed by atoms with Crippen LogP contribution < -0.4 is 27.4 Å². The number of ether oxygens (including phenoxy) is 4. The van der Waals surface area contributed by atoms with Crippen LogP contribution in [0, 0.1) is 0 Å². The molecule has 71 heavy (non-hydrogen) atoms. The smallest absolute Gasteiger partial charge is 0.315 e. The first-order chi connectivity index (χ1) is 34.2. The van der Waals surface area contributed by atoms with Crippen LogP contribution in [0.1, 0.15) is 63.1 Å². The van der Waals surface area contributed by atoms with Gasteiger partial charge in [0.15, 0.2) is 29.7 Å². The lowest BCUT2D eigenvalue weighted by Gasteiger charge is -2.27. The molecule has 0 radical (unpaired) electrons. The van der Waals surface area contributed by atoms with Gasteiger partial charge < -0.3 is 70.9 Å². The molecule has 380 valence electrons. The van der Waals surface area contributed by atoms with E-state index in [1.54, 1.807) is 23.2 Å². The molecule has 6 aromatic rings. The van der Waals surface area contributed by atoms with Gasteiger partial charge in [-0.25, -0.2) is 29.7 Å². The summed E-state index contributed by atoms with van der Waals surface area (Å²) in [5.74, 6) is 0.0285. The number of fused-ring (bicyclic) bond motifs is 3. The second-order valence-electron chi connectivity index (χ2n) is 18.7. The van der Waals surface area contributed by atoms with E-state index in [0.717, 1.165) is 36.9 Å². The Morgan fingerprint density at radius 2 is 1.31 bits per heavy atom. The lowest BCUT2D eigenvalue weighted by Crippen LogP contribution is -2.40. The molecule has 7 heterocycles. The maximum atomic E-state index is 12.2. The molecule has 2 aromatic carbocycles. The molecule has 0 saturated carbocycles. The standard InChI is InChI=1S/C26H35N7O4.C23H31N7O4/c1-26(2)36-21-18(14-32(3)12-8-7-11-19(34)28-13-17-9-5-4-6-10-17)35-25(22(21)37-26)33-16-31-20-23(27)29-15-30-24(20)33;1-29(10-5-9-25-23(33)26-12-15-6-3-2-4-7-15)13-17-18(31)19(32)22(34-17)30-11-8-16-20(24)27-14-28-21(16)30/h4-6,9-10,15-16,18,21-22,25H,7-8,11-14H2,1-3H3,(H,28,34)(H2,27,29,30);2-4,6-8,11,14,17-19,22,31-32H,5,9-10,12-13H2,1H3,(H2,24,27,28)(H2,25,26,33)/t18-,21-,22-,25-;17-,18-,19-,22-/m11/s1. The third-order valence-corrected chi connectivity index (χ3v) is 12.7. The number of nitrogens with zero attached hydrogens (tertiary/aromatic N) is 9. The number of imidazole rings is 1. The maximum Gasteiger partial charge on any atom is 0.315 e. The van der Waals surface area contributed by atoms with E-state index in [1.165, 1.54) is 12.7 Å². The number of anilines is 2. The van der Waals surface area contributed by atoms with Gasteiger partial charge in [-0.1, -0.05) is 60.7 Å². The number of amides is 3. The number of hydrogen-bond acceptors (Lipinski definition) is 17. The van der Waals surface area contributed by atoms with Gasteiger partial charge in [0.1, 0.15) is 66.3 Å². The molecule has 22 nitrogen and oxygen atoms in total. The summed E-state index contributed by atoms with van der Waals surface area (Å²) in [6.07, 6.45) is 4.41. The molecular formula is C49H66N14O8. The molecule has 3 aliphatic rings. The van der Waals surface area contributed by atoms with Crippen LogP contribution in [0.2, 0.25) is 0 Å². The number of nitrogens with one attached hydrogen (secondary N) is 3. The van der Waals surface area contributed by atoms with Gasteiger partial charge in [-0.15, -0.1) is 0 Å². The molecule has 4 aromatic heterocycles. The summed E-state index contributed by atoms with van der Waals surface area (Å²) in [4.78, 5) is 49.3. The van der Waals surface area contributed by atoms with Crippen molar-refractivity contribution in [3.05, 3.63) is 103 Å². The van der Waals surface area contributed by atoms with E-state index >= 15 is 0 Å². The van der Waals surface area contributed by atoms with Crippen LogP contribution in [0.25, 0.3) is 22.2 Å². The Balaban J connectivity index is 0.000000191. The monoisotopic (exact) mass is 979 g/mol. The summed E-state index contributed by atoms with van der Waals surface area (Å²) in [5, 5.41) is 30.5. The number of benzene rings is 2. The van der Waals surface area contributed by atoms with Crippen molar-refractivity contribution in [1.82, 2.24) is 59.8 Å². The van der Waals surface area contributed by atoms with E-state index < -0.39 is 36.6 Å². The third kappa shape index (κ3) is 12.8. The Morgan fingerprint density at radius 1 is 0.690 bits per heavy atom. The number of hydrogen-bond donors (Lipinski definition) is 7. The fourth-order valence-corrected chi connectivity index (χ4v) is 9.13. The van der Waals surface area contributed by atoms with Gasteiger partial charge in [-0.2, -0.15) is 0 Å². The second kappa shape index (κ2) is 23.2. The van der Waals surface area contributed by atoms with Crippen LogP contribution in [0.4, 0.5) is 16.4 Å². The van der Waals surface area contributed by atoms with Gasteiger partial charge in [0.05, 0.1) is 11.7 Å². The van der Waals surface area contributed by atoms with Crippen molar-refractivity contribution in [3.63, 3.8) is 0 Å². The topological polar surface area (TPSA) is 280 Å². The van der Waals surface area contributed by atoms with Crippen molar-refractivity contribution in [1.29, 1.82) is 0 Å². The molecule has 22 heteroatoms. The molecule has 3 fully saturated rings. The van der Waals surface area contributed by atoms with E-state index in [4.69, 9.17) is 30.4 Å². The minimum atomic E-state index is -1.11. The van der Waals surface area contributed by atoms with Crippen LogP contribution in [0.15, 0.2) is 91.9 Å². The van der Waals surface area contributed by atoms with E-state index in [9.17, 15) is 19.8 Å². The quantitative estimate of drug-likeness (QED) is 0.0575. The Hall–Kier alpha value is -6.37. The van der Waals surface area contributed by atoms with Crippen LogP contribution in [-0.4, -0.2) is 155 Å². The highest BCUT2D eigenvalue weighted by atomic mass is 16.8. The summed E-state index contributed by atoms with van der Waals surface area (Å²) in [6.45, 7) is 8.00. The van der Waals surface area contributed by atoms with Crippen LogP contribution >= 0.6 is 0 Å².